The number of carbonyl (C=O) groups excluding carboxylic acids is 3. The van der Waals surface area contributed by atoms with Gasteiger partial charge in [-0.05, 0) is 44.9 Å². The van der Waals surface area contributed by atoms with Crippen molar-refractivity contribution in [1.29, 1.82) is 0 Å². The van der Waals surface area contributed by atoms with E-state index in [1.807, 2.05) is 19.1 Å². The Labute approximate surface area is 173 Å². The zero-order chi connectivity index (χ0) is 21.4. The van der Waals surface area contributed by atoms with Gasteiger partial charge in [-0.15, -0.1) is 11.8 Å². The van der Waals surface area contributed by atoms with Crippen molar-refractivity contribution in [3.8, 4) is 0 Å². The van der Waals surface area contributed by atoms with Crippen LogP contribution in [0.2, 0.25) is 0 Å². The molecular formula is C20H25N3O5S. The molecule has 2 aromatic rings. The van der Waals surface area contributed by atoms with E-state index in [2.05, 4.69) is 15.8 Å². The first kappa shape index (κ1) is 22.5. The molecule has 29 heavy (non-hydrogen) atoms. The molecule has 2 rings (SSSR count). The molecule has 0 saturated carbocycles. The minimum atomic E-state index is -0.948. The van der Waals surface area contributed by atoms with E-state index in [9.17, 15) is 14.4 Å². The standard InChI is InChI=1S/C20H25N3O5S/c1-5-15-6-8-16(9-7-15)21-19(25)13(3)27-18(24)11-29-14(4)20(26)22-17-10-12(2)28-23-17/h6-10,13-14H,5,11H2,1-4H3,(H,21,25)(H,22,23,26)/t13-,14-/m0/s1. The van der Waals surface area contributed by atoms with Crippen molar-refractivity contribution in [3.63, 3.8) is 0 Å². The van der Waals surface area contributed by atoms with Gasteiger partial charge in [0, 0.05) is 11.8 Å². The summed E-state index contributed by atoms with van der Waals surface area (Å²) in [6.45, 7) is 6.93. The Morgan fingerprint density at radius 2 is 1.83 bits per heavy atom. The number of nitrogens with one attached hydrogen (secondary N) is 2. The van der Waals surface area contributed by atoms with E-state index in [0.29, 0.717) is 17.3 Å². The number of benzene rings is 1. The molecule has 1 heterocycles. The van der Waals surface area contributed by atoms with Crippen LogP contribution in [0.3, 0.4) is 0 Å². The van der Waals surface area contributed by atoms with E-state index in [-0.39, 0.29) is 11.7 Å². The molecule has 0 aliphatic heterocycles. The molecule has 0 radical (unpaired) electrons. The van der Waals surface area contributed by atoms with Crippen molar-refractivity contribution < 1.29 is 23.6 Å². The molecule has 1 aromatic heterocycles. The Morgan fingerprint density at radius 3 is 2.41 bits per heavy atom. The highest BCUT2D eigenvalue weighted by Gasteiger charge is 2.21. The van der Waals surface area contributed by atoms with Crippen LogP contribution in [0.25, 0.3) is 0 Å². The van der Waals surface area contributed by atoms with Crippen molar-refractivity contribution in [2.45, 2.75) is 45.5 Å². The molecule has 2 amide bonds. The molecule has 0 saturated heterocycles. The van der Waals surface area contributed by atoms with Crippen LogP contribution < -0.4 is 10.6 Å². The van der Waals surface area contributed by atoms with Gasteiger partial charge in [0.25, 0.3) is 5.91 Å². The van der Waals surface area contributed by atoms with E-state index in [0.717, 1.165) is 23.7 Å². The highest BCUT2D eigenvalue weighted by molar-refractivity contribution is 8.01. The van der Waals surface area contributed by atoms with Crippen molar-refractivity contribution in [2.24, 2.45) is 0 Å². The molecule has 0 aliphatic carbocycles. The molecule has 0 unspecified atom stereocenters. The Bertz CT molecular complexity index is 850. The average molecular weight is 420 g/mol. The van der Waals surface area contributed by atoms with Crippen molar-refractivity contribution in [2.75, 3.05) is 16.4 Å². The Morgan fingerprint density at radius 1 is 1.14 bits per heavy atom. The molecule has 0 fully saturated rings. The quantitative estimate of drug-likeness (QED) is 0.601. The van der Waals surface area contributed by atoms with Crippen LogP contribution in [-0.4, -0.2) is 40.0 Å². The van der Waals surface area contributed by atoms with E-state index in [1.54, 1.807) is 32.0 Å². The highest BCUT2D eigenvalue weighted by Crippen LogP contribution is 2.15. The normalized spacial score (nSPS) is 12.7. The molecule has 2 N–H and O–H groups in total. The summed E-state index contributed by atoms with van der Waals surface area (Å²) in [4.78, 5) is 36.3. The second-order valence-corrected chi connectivity index (χ2v) is 7.77. The third-order valence-electron chi connectivity index (χ3n) is 4.01. The first-order chi connectivity index (χ1) is 13.8. The Kier molecular flexibility index (Phi) is 8.26. The van der Waals surface area contributed by atoms with Gasteiger partial charge in [-0.2, -0.15) is 0 Å². The third-order valence-corrected chi connectivity index (χ3v) is 5.12. The Balaban J connectivity index is 1.73. The predicted octanol–water partition coefficient (Wildman–Crippen LogP) is 3.18. The van der Waals surface area contributed by atoms with Crippen molar-refractivity contribution >= 4 is 41.1 Å². The summed E-state index contributed by atoms with van der Waals surface area (Å²) in [6, 6.07) is 9.06. The maximum atomic E-state index is 12.2. The van der Waals surface area contributed by atoms with E-state index in [1.165, 1.54) is 6.92 Å². The van der Waals surface area contributed by atoms with Gasteiger partial charge >= 0.3 is 5.97 Å². The smallest absolute Gasteiger partial charge is 0.316 e. The van der Waals surface area contributed by atoms with Gasteiger partial charge in [0.15, 0.2) is 11.9 Å². The number of aromatic nitrogens is 1. The van der Waals surface area contributed by atoms with Crippen molar-refractivity contribution in [1.82, 2.24) is 5.16 Å². The summed E-state index contributed by atoms with van der Waals surface area (Å²) >= 11 is 1.10. The van der Waals surface area contributed by atoms with Crippen LogP contribution in [0, 0.1) is 6.92 Å². The number of carbonyl (C=O) groups is 3. The fourth-order valence-corrected chi connectivity index (χ4v) is 2.94. The minimum Gasteiger partial charge on any atom is -0.452 e. The summed E-state index contributed by atoms with van der Waals surface area (Å²) < 4.78 is 10.0. The highest BCUT2D eigenvalue weighted by atomic mass is 32.2. The average Bonchev–Trinajstić information content (AvgIpc) is 3.11. The summed E-state index contributed by atoms with van der Waals surface area (Å²) in [7, 11) is 0. The first-order valence-corrected chi connectivity index (χ1v) is 10.3. The number of esters is 1. The summed E-state index contributed by atoms with van der Waals surface area (Å²) in [5.74, 6) is -0.458. The predicted molar refractivity (Wildman–Crippen MR) is 112 cm³/mol. The number of amides is 2. The minimum absolute atomic E-state index is 0.0603. The van der Waals surface area contributed by atoms with Gasteiger partial charge in [-0.25, -0.2) is 0 Å². The molecule has 9 heteroatoms. The summed E-state index contributed by atoms with van der Waals surface area (Å²) in [5.41, 5.74) is 1.80. The van der Waals surface area contributed by atoms with Crippen molar-refractivity contribution in [3.05, 3.63) is 41.7 Å². The number of nitrogens with zero attached hydrogens (tertiary/aromatic N) is 1. The largest absolute Gasteiger partial charge is 0.452 e. The van der Waals surface area contributed by atoms with Gasteiger partial charge in [-0.1, -0.05) is 24.2 Å². The van der Waals surface area contributed by atoms with Crippen LogP contribution in [-0.2, 0) is 25.5 Å². The molecular weight excluding hydrogens is 394 g/mol. The number of hydrogen-bond donors (Lipinski definition) is 2. The summed E-state index contributed by atoms with van der Waals surface area (Å²) in [5, 5.41) is 8.48. The van der Waals surface area contributed by atoms with Gasteiger partial charge in [0.2, 0.25) is 5.91 Å². The number of anilines is 2. The summed E-state index contributed by atoms with van der Waals surface area (Å²) in [6.07, 6.45) is -0.0367. The van der Waals surface area contributed by atoms with Crippen LogP contribution >= 0.6 is 11.8 Å². The lowest BCUT2D eigenvalue weighted by Gasteiger charge is -2.15. The van der Waals surface area contributed by atoms with Crippen LogP contribution in [0.1, 0.15) is 32.1 Å². The maximum absolute atomic E-state index is 12.2. The molecule has 8 nitrogen and oxygen atoms in total. The number of rotatable bonds is 9. The second kappa shape index (κ2) is 10.7. The zero-order valence-electron chi connectivity index (χ0n) is 16.9. The SMILES string of the molecule is CCc1ccc(NC(=O)[C@H](C)OC(=O)CS[C@@H](C)C(=O)Nc2cc(C)on2)cc1. The monoisotopic (exact) mass is 419 g/mol. The lowest BCUT2D eigenvalue weighted by molar-refractivity contribution is -0.150. The van der Waals surface area contributed by atoms with E-state index < -0.39 is 23.2 Å². The second-order valence-electron chi connectivity index (χ2n) is 6.44. The van der Waals surface area contributed by atoms with Gasteiger partial charge in [0.05, 0.1) is 11.0 Å². The van der Waals surface area contributed by atoms with Crippen LogP contribution in [0.5, 0.6) is 0 Å². The zero-order valence-corrected chi connectivity index (χ0v) is 17.7. The molecule has 156 valence electrons. The third kappa shape index (κ3) is 7.26. The van der Waals surface area contributed by atoms with Crippen LogP contribution in [0.15, 0.2) is 34.9 Å². The number of thioether (sulfide) groups is 1. The van der Waals surface area contributed by atoms with E-state index in [4.69, 9.17) is 9.26 Å². The first-order valence-electron chi connectivity index (χ1n) is 9.23. The fourth-order valence-electron chi connectivity index (χ4n) is 2.27. The molecule has 0 aliphatic rings. The topological polar surface area (TPSA) is 111 Å². The number of hydrogen-bond acceptors (Lipinski definition) is 7. The molecule has 0 bridgehead atoms. The molecule has 0 spiro atoms. The van der Waals surface area contributed by atoms with E-state index >= 15 is 0 Å². The van der Waals surface area contributed by atoms with Gasteiger partial charge in [0.1, 0.15) is 5.76 Å². The fraction of sp³-hybridized carbons (Fsp3) is 0.400. The lowest BCUT2D eigenvalue weighted by Crippen LogP contribution is -2.31. The number of ether oxygens (including phenoxy) is 1. The maximum Gasteiger partial charge on any atom is 0.316 e. The molecule has 1 aromatic carbocycles. The number of aryl methyl sites for hydroxylation is 2. The Hall–Kier alpha value is -2.81. The molecule has 2 atom stereocenters. The lowest BCUT2D eigenvalue weighted by atomic mass is 10.1. The van der Waals surface area contributed by atoms with Gasteiger partial charge in [-0.3, -0.25) is 14.4 Å². The van der Waals surface area contributed by atoms with Gasteiger partial charge < -0.3 is 19.9 Å². The van der Waals surface area contributed by atoms with Crippen LogP contribution in [0.4, 0.5) is 11.5 Å².